The number of methoxy groups -OCH3 is 1. The van der Waals surface area contributed by atoms with Crippen LogP contribution in [0.5, 0.6) is 5.75 Å². The maximum atomic E-state index is 12.8. The molecule has 1 heterocycles. The van der Waals surface area contributed by atoms with Crippen LogP contribution in [0.1, 0.15) is 67.1 Å². The first-order chi connectivity index (χ1) is 16.4. The standard InChI is InChI=1S/C24H34N2O7S2/c1-4-6-12-24(5-2)15-34(28,29)21-14-18(23(27)25-16-35(30,31)32)20(33-3)13-19(21)22(26-24)17-10-8-7-9-11-17/h7-11,13-14,22,26,28-29H,4-6,12,15-16H2,1-3H3,(H,25,27)(H,30,31,32)/t22-,24-/m1/s1. The molecule has 1 amide bonds. The van der Waals surface area contributed by atoms with Crippen molar-refractivity contribution in [3.63, 3.8) is 0 Å². The summed E-state index contributed by atoms with van der Waals surface area (Å²) in [5.74, 6) is -1.58. The minimum Gasteiger partial charge on any atom is -0.496 e. The largest absolute Gasteiger partial charge is 0.496 e. The SMILES string of the molecule is CCCC[C@]1(CC)CS(O)(O)c2cc(C(=O)NCS(=O)(=O)O)c(OC)cc2[C@@H](c2ccccc2)N1. The van der Waals surface area contributed by atoms with E-state index in [0.717, 1.165) is 24.8 Å². The lowest BCUT2D eigenvalue weighted by Crippen LogP contribution is -2.49. The predicted octanol–water partition coefficient (Wildman–Crippen LogP) is 4.41. The van der Waals surface area contributed by atoms with E-state index in [0.29, 0.717) is 12.0 Å². The second-order valence-corrected chi connectivity index (χ2v) is 12.4. The summed E-state index contributed by atoms with van der Waals surface area (Å²) < 4.78 is 59.6. The summed E-state index contributed by atoms with van der Waals surface area (Å²) >= 11 is 0. The van der Waals surface area contributed by atoms with Gasteiger partial charge < -0.3 is 10.1 Å². The Hall–Kier alpha value is -2.15. The first kappa shape index (κ1) is 27.4. The van der Waals surface area contributed by atoms with E-state index in [9.17, 15) is 22.3 Å². The Morgan fingerprint density at radius 2 is 1.91 bits per heavy atom. The molecule has 9 nitrogen and oxygen atoms in total. The molecule has 11 heteroatoms. The number of hydrogen-bond donors (Lipinski definition) is 5. The maximum Gasteiger partial charge on any atom is 0.283 e. The zero-order chi connectivity index (χ0) is 25.9. The number of unbranched alkanes of at least 4 members (excludes halogenated alkanes) is 1. The van der Waals surface area contributed by atoms with Crippen LogP contribution < -0.4 is 15.4 Å². The molecule has 2 aromatic rings. The van der Waals surface area contributed by atoms with Crippen LogP contribution in [-0.4, -0.2) is 52.3 Å². The fourth-order valence-corrected chi connectivity index (χ4v) is 7.05. The predicted molar refractivity (Wildman–Crippen MR) is 137 cm³/mol. The Morgan fingerprint density at radius 1 is 1.23 bits per heavy atom. The van der Waals surface area contributed by atoms with E-state index in [1.54, 1.807) is 6.07 Å². The van der Waals surface area contributed by atoms with Crippen LogP contribution in [0.3, 0.4) is 0 Å². The van der Waals surface area contributed by atoms with Crippen LogP contribution in [0.15, 0.2) is 47.4 Å². The number of nitrogens with one attached hydrogen (secondary N) is 2. The molecule has 0 spiro atoms. The van der Waals surface area contributed by atoms with Crippen molar-refractivity contribution >= 4 is 26.6 Å². The topological polar surface area (TPSA) is 145 Å². The van der Waals surface area contributed by atoms with E-state index in [2.05, 4.69) is 17.6 Å². The van der Waals surface area contributed by atoms with Crippen LogP contribution >= 0.6 is 10.6 Å². The van der Waals surface area contributed by atoms with Crippen LogP contribution in [0.4, 0.5) is 0 Å². The quantitative estimate of drug-likeness (QED) is 0.302. The molecule has 2 aromatic carbocycles. The lowest BCUT2D eigenvalue weighted by atomic mass is 9.88. The Bertz CT molecular complexity index is 1160. The minimum atomic E-state index is -4.44. The van der Waals surface area contributed by atoms with Gasteiger partial charge >= 0.3 is 0 Å². The van der Waals surface area contributed by atoms with Crippen molar-refractivity contribution in [3.05, 3.63) is 59.2 Å². The summed E-state index contributed by atoms with van der Waals surface area (Å²) in [6.45, 7) is 4.11. The molecule has 35 heavy (non-hydrogen) atoms. The number of ether oxygens (including phenoxy) is 1. The molecule has 0 saturated heterocycles. The van der Waals surface area contributed by atoms with Gasteiger partial charge in [0, 0.05) is 11.1 Å². The molecular formula is C24H34N2O7S2. The summed E-state index contributed by atoms with van der Waals surface area (Å²) in [5, 5.41) is 5.85. The van der Waals surface area contributed by atoms with E-state index >= 15 is 0 Å². The maximum absolute atomic E-state index is 12.8. The van der Waals surface area contributed by atoms with E-state index in [1.165, 1.54) is 13.2 Å². The molecule has 0 saturated carbocycles. The zero-order valence-electron chi connectivity index (χ0n) is 20.2. The third kappa shape index (κ3) is 6.35. The number of rotatable bonds is 9. The average molecular weight is 527 g/mol. The van der Waals surface area contributed by atoms with Gasteiger partial charge in [0.15, 0.2) is 0 Å². The van der Waals surface area contributed by atoms with Crippen molar-refractivity contribution in [2.45, 2.75) is 56.0 Å². The summed E-state index contributed by atoms with van der Waals surface area (Å²) in [7, 11) is -6.43. The van der Waals surface area contributed by atoms with E-state index in [1.807, 2.05) is 37.3 Å². The molecule has 0 aromatic heterocycles. The van der Waals surface area contributed by atoms with E-state index < -0.39 is 44.1 Å². The second-order valence-electron chi connectivity index (χ2n) is 8.86. The Morgan fingerprint density at radius 3 is 2.49 bits per heavy atom. The highest BCUT2D eigenvalue weighted by atomic mass is 32.3. The van der Waals surface area contributed by atoms with Crippen molar-refractivity contribution in [1.29, 1.82) is 0 Å². The third-order valence-corrected chi connectivity index (χ3v) is 8.92. The van der Waals surface area contributed by atoms with Crippen molar-refractivity contribution in [2.24, 2.45) is 0 Å². The van der Waals surface area contributed by atoms with E-state index in [-0.39, 0.29) is 22.0 Å². The highest BCUT2D eigenvalue weighted by Gasteiger charge is 2.42. The highest BCUT2D eigenvalue weighted by molar-refractivity contribution is 8.24. The smallest absolute Gasteiger partial charge is 0.283 e. The number of hydrogen-bond acceptors (Lipinski definition) is 7. The molecule has 2 atom stereocenters. The number of carbonyl (C=O) groups excluding carboxylic acids is 1. The van der Waals surface area contributed by atoms with Crippen LogP contribution in [0.2, 0.25) is 0 Å². The van der Waals surface area contributed by atoms with Crippen LogP contribution in [-0.2, 0) is 10.1 Å². The van der Waals surface area contributed by atoms with Crippen molar-refractivity contribution < 1.29 is 31.6 Å². The van der Waals surface area contributed by atoms with Gasteiger partial charge in [-0.3, -0.25) is 23.8 Å². The molecule has 1 aliphatic heterocycles. The number of carbonyl (C=O) groups is 1. The van der Waals surface area contributed by atoms with Gasteiger partial charge in [-0.25, -0.2) is 0 Å². The first-order valence-electron chi connectivity index (χ1n) is 11.5. The fourth-order valence-electron chi connectivity index (χ4n) is 4.52. The lowest BCUT2D eigenvalue weighted by Gasteiger charge is -2.42. The number of benzene rings is 2. The van der Waals surface area contributed by atoms with Gasteiger partial charge in [0.25, 0.3) is 16.0 Å². The van der Waals surface area contributed by atoms with Gasteiger partial charge in [0.05, 0.1) is 29.4 Å². The highest BCUT2D eigenvalue weighted by Crippen LogP contribution is 2.58. The normalized spacial score (nSPS) is 22.5. The fraction of sp³-hybridized carbons (Fsp3) is 0.458. The molecule has 0 fully saturated rings. The molecular weight excluding hydrogens is 492 g/mol. The number of amides is 1. The molecule has 0 radical (unpaired) electrons. The molecule has 1 aliphatic rings. The summed E-state index contributed by atoms with van der Waals surface area (Å²) in [6, 6.07) is 12.2. The van der Waals surface area contributed by atoms with Gasteiger partial charge in [-0.2, -0.15) is 19.0 Å². The van der Waals surface area contributed by atoms with Gasteiger partial charge in [-0.15, -0.1) is 0 Å². The van der Waals surface area contributed by atoms with Crippen LogP contribution in [0.25, 0.3) is 0 Å². The first-order valence-corrected chi connectivity index (χ1v) is 14.8. The van der Waals surface area contributed by atoms with Gasteiger partial charge in [-0.05, 0) is 30.5 Å². The Kier molecular flexibility index (Phi) is 8.51. The zero-order valence-corrected chi connectivity index (χ0v) is 21.8. The van der Waals surface area contributed by atoms with Gasteiger partial charge in [-0.1, -0.05) is 57.0 Å². The summed E-state index contributed by atoms with van der Waals surface area (Å²) in [6.07, 6.45) is 3.27. The summed E-state index contributed by atoms with van der Waals surface area (Å²) in [4.78, 5) is 13.0. The van der Waals surface area contributed by atoms with E-state index in [4.69, 9.17) is 9.29 Å². The third-order valence-electron chi connectivity index (χ3n) is 6.40. The molecule has 0 bridgehead atoms. The van der Waals surface area contributed by atoms with Crippen molar-refractivity contribution in [1.82, 2.24) is 10.6 Å². The van der Waals surface area contributed by atoms with Crippen molar-refractivity contribution in [3.8, 4) is 5.75 Å². The monoisotopic (exact) mass is 526 g/mol. The summed E-state index contributed by atoms with van der Waals surface area (Å²) in [5.41, 5.74) is 0.880. The Labute approximate surface area is 208 Å². The molecule has 0 aliphatic carbocycles. The molecule has 0 unspecified atom stereocenters. The lowest BCUT2D eigenvalue weighted by molar-refractivity contribution is 0.0955. The van der Waals surface area contributed by atoms with Crippen molar-refractivity contribution in [2.75, 3.05) is 18.7 Å². The Balaban J connectivity index is 2.21. The molecule has 5 N–H and O–H groups in total. The van der Waals surface area contributed by atoms with Gasteiger partial charge in [0.1, 0.15) is 11.6 Å². The molecule has 3 rings (SSSR count). The van der Waals surface area contributed by atoms with Gasteiger partial charge in [0.2, 0.25) is 0 Å². The van der Waals surface area contributed by atoms with Crippen LogP contribution in [0, 0.1) is 0 Å². The molecule has 194 valence electrons. The average Bonchev–Trinajstić information content (AvgIpc) is 2.92. The minimum absolute atomic E-state index is 0.0563. The number of fused-ring (bicyclic) bond motifs is 1. The second kappa shape index (κ2) is 10.9.